The van der Waals surface area contributed by atoms with Crippen molar-refractivity contribution in [2.75, 3.05) is 40.5 Å². The van der Waals surface area contributed by atoms with Crippen molar-refractivity contribution in [1.82, 2.24) is 5.32 Å². The zero-order valence-electron chi connectivity index (χ0n) is 12.3. The number of nitrogens with one attached hydrogen (secondary N) is 1. The van der Waals surface area contributed by atoms with E-state index in [1.165, 1.54) is 0 Å². The molecule has 0 aliphatic heterocycles. The Morgan fingerprint density at radius 2 is 1.90 bits per heavy atom. The van der Waals surface area contributed by atoms with Gasteiger partial charge < -0.3 is 24.6 Å². The number of hydrogen-bond acceptors (Lipinski definition) is 5. The van der Waals surface area contributed by atoms with E-state index in [1.54, 1.807) is 14.2 Å². The third-order valence-electron chi connectivity index (χ3n) is 2.83. The topological polar surface area (TPSA) is 60.0 Å². The van der Waals surface area contributed by atoms with Crippen LogP contribution < -0.4 is 14.8 Å². The minimum atomic E-state index is -0.540. The Hall–Kier alpha value is -1.30. The molecule has 0 saturated carbocycles. The van der Waals surface area contributed by atoms with Crippen LogP contribution in [-0.2, 0) is 4.74 Å². The molecule has 0 saturated heterocycles. The Morgan fingerprint density at radius 3 is 2.60 bits per heavy atom. The van der Waals surface area contributed by atoms with Gasteiger partial charge in [0.25, 0.3) is 0 Å². The number of aliphatic hydroxyl groups is 1. The number of aliphatic hydroxyl groups excluding tert-OH is 1. The van der Waals surface area contributed by atoms with Crippen LogP contribution in [0.15, 0.2) is 24.3 Å². The van der Waals surface area contributed by atoms with Crippen molar-refractivity contribution >= 4 is 0 Å². The highest BCUT2D eigenvalue weighted by atomic mass is 16.5. The molecule has 1 unspecified atom stereocenters. The molecule has 0 aromatic heterocycles. The summed E-state index contributed by atoms with van der Waals surface area (Å²) in [5.74, 6) is 1.32. The van der Waals surface area contributed by atoms with Gasteiger partial charge in [0, 0.05) is 20.3 Å². The Bertz CT molecular complexity index is 359. The maximum absolute atomic E-state index is 9.82. The van der Waals surface area contributed by atoms with E-state index >= 15 is 0 Å². The molecule has 1 aromatic rings. The van der Waals surface area contributed by atoms with Gasteiger partial charge in [0.05, 0.1) is 7.11 Å². The second-order valence-corrected chi connectivity index (χ2v) is 4.52. The Balaban J connectivity index is 2.14. The second-order valence-electron chi connectivity index (χ2n) is 4.52. The van der Waals surface area contributed by atoms with Crippen LogP contribution in [0.25, 0.3) is 0 Å². The fourth-order valence-electron chi connectivity index (χ4n) is 1.75. The number of para-hydroxylation sites is 2. The maximum atomic E-state index is 9.82. The van der Waals surface area contributed by atoms with E-state index < -0.39 is 6.10 Å². The molecule has 114 valence electrons. The van der Waals surface area contributed by atoms with E-state index in [0.717, 1.165) is 26.0 Å². The monoisotopic (exact) mass is 283 g/mol. The van der Waals surface area contributed by atoms with Crippen LogP contribution in [0.4, 0.5) is 0 Å². The normalized spacial score (nSPS) is 12.2. The lowest BCUT2D eigenvalue weighted by atomic mass is 10.3. The van der Waals surface area contributed by atoms with Gasteiger partial charge in [0.15, 0.2) is 11.5 Å². The molecule has 0 aliphatic carbocycles. The quantitative estimate of drug-likeness (QED) is 0.602. The first kappa shape index (κ1) is 16.8. The number of methoxy groups -OCH3 is 2. The minimum absolute atomic E-state index is 0.242. The van der Waals surface area contributed by atoms with Crippen LogP contribution in [0, 0.1) is 0 Å². The van der Waals surface area contributed by atoms with Crippen molar-refractivity contribution < 1.29 is 19.3 Å². The first-order valence-electron chi connectivity index (χ1n) is 6.91. The minimum Gasteiger partial charge on any atom is -0.493 e. The number of benzene rings is 1. The van der Waals surface area contributed by atoms with E-state index in [4.69, 9.17) is 14.2 Å². The van der Waals surface area contributed by atoms with Crippen molar-refractivity contribution in [3.8, 4) is 11.5 Å². The standard InChI is InChI=1S/C15H25NO4/c1-18-10-6-5-9-16-11-13(17)12-20-15-8-4-3-7-14(15)19-2/h3-4,7-8,13,16-17H,5-6,9-12H2,1-2H3. The molecule has 0 amide bonds. The van der Waals surface area contributed by atoms with Gasteiger partial charge in [-0.15, -0.1) is 0 Å². The second kappa shape index (κ2) is 10.5. The highest BCUT2D eigenvalue weighted by molar-refractivity contribution is 5.39. The van der Waals surface area contributed by atoms with Crippen molar-refractivity contribution in [3.05, 3.63) is 24.3 Å². The summed E-state index contributed by atoms with van der Waals surface area (Å²) in [5.41, 5.74) is 0. The zero-order valence-corrected chi connectivity index (χ0v) is 12.3. The predicted octanol–water partition coefficient (Wildman–Crippen LogP) is 1.45. The van der Waals surface area contributed by atoms with Gasteiger partial charge >= 0.3 is 0 Å². The molecule has 20 heavy (non-hydrogen) atoms. The maximum Gasteiger partial charge on any atom is 0.161 e. The van der Waals surface area contributed by atoms with E-state index in [1.807, 2.05) is 24.3 Å². The fraction of sp³-hybridized carbons (Fsp3) is 0.600. The molecule has 0 aliphatic rings. The van der Waals surface area contributed by atoms with E-state index in [0.29, 0.717) is 18.0 Å². The molecule has 1 aromatic carbocycles. The van der Waals surface area contributed by atoms with Gasteiger partial charge in [-0.05, 0) is 31.5 Å². The van der Waals surface area contributed by atoms with Crippen LogP contribution in [0.5, 0.6) is 11.5 Å². The summed E-state index contributed by atoms with van der Waals surface area (Å²) in [6.45, 7) is 2.41. The van der Waals surface area contributed by atoms with Crippen LogP contribution in [0.2, 0.25) is 0 Å². The van der Waals surface area contributed by atoms with Gasteiger partial charge in [0.2, 0.25) is 0 Å². The molecule has 1 atom stereocenters. The molecular formula is C15H25NO4. The summed E-state index contributed by atoms with van der Waals surface area (Å²) < 4.78 is 15.7. The number of ether oxygens (including phenoxy) is 3. The van der Waals surface area contributed by atoms with E-state index in [-0.39, 0.29) is 6.61 Å². The highest BCUT2D eigenvalue weighted by Gasteiger charge is 2.07. The Kier molecular flexibility index (Phi) is 8.78. The van der Waals surface area contributed by atoms with E-state index in [9.17, 15) is 5.11 Å². The summed E-state index contributed by atoms with van der Waals surface area (Å²) in [4.78, 5) is 0. The van der Waals surface area contributed by atoms with Gasteiger partial charge in [-0.25, -0.2) is 0 Å². The van der Waals surface area contributed by atoms with Gasteiger partial charge in [-0.2, -0.15) is 0 Å². The largest absolute Gasteiger partial charge is 0.493 e. The van der Waals surface area contributed by atoms with Crippen molar-refractivity contribution in [2.24, 2.45) is 0 Å². The number of unbranched alkanes of at least 4 members (excludes halogenated alkanes) is 1. The molecular weight excluding hydrogens is 258 g/mol. The van der Waals surface area contributed by atoms with Gasteiger partial charge in [-0.3, -0.25) is 0 Å². The molecule has 0 spiro atoms. The summed E-state index contributed by atoms with van der Waals surface area (Å²) >= 11 is 0. The van der Waals surface area contributed by atoms with Crippen LogP contribution >= 0.6 is 0 Å². The Labute approximate surface area is 120 Å². The first-order chi connectivity index (χ1) is 9.77. The fourth-order valence-corrected chi connectivity index (χ4v) is 1.75. The summed E-state index contributed by atoms with van der Waals surface area (Å²) in [6, 6.07) is 7.40. The first-order valence-corrected chi connectivity index (χ1v) is 6.91. The van der Waals surface area contributed by atoms with Crippen LogP contribution in [0.3, 0.4) is 0 Å². The van der Waals surface area contributed by atoms with Crippen LogP contribution in [-0.4, -0.2) is 51.7 Å². The van der Waals surface area contributed by atoms with Gasteiger partial charge in [0.1, 0.15) is 12.7 Å². The Morgan fingerprint density at radius 1 is 1.15 bits per heavy atom. The van der Waals surface area contributed by atoms with Crippen molar-refractivity contribution in [1.29, 1.82) is 0 Å². The zero-order chi connectivity index (χ0) is 14.6. The van der Waals surface area contributed by atoms with Crippen LogP contribution in [0.1, 0.15) is 12.8 Å². The summed E-state index contributed by atoms with van der Waals surface area (Å²) in [5, 5.41) is 13.0. The number of hydrogen-bond donors (Lipinski definition) is 2. The molecule has 0 fully saturated rings. The lowest BCUT2D eigenvalue weighted by molar-refractivity contribution is 0.104. The van der Waals surface area contributed by atoms with Crippen molar-refractivity contribution in [2.45, 2.75) is 18.9 Å². The third-order valence-corrected chi connectivity index (χ3v) is 2.83. The van der Waals surface area contributed by atoms with E-state index in [2.05, 4.69) is 5.32 Å². The molecule has 5 heteroatoms. The predicted molar refractivity (Wildman–Crippen MR) is 78.5 cm³/mol. The molecule has 2 N–H and O–H groups in total. The average molecular weight is 283 g/mol. The molecule has 0 radical (unpaired) electrons. The SMILES string of the molecule is COCCCCNCC(O)COc1ccccc1OC. The number of rotatable bonds is 11. The average Bonchev–Trinajstić information content (AvgIpc) is 2.49. The lowest BCUT2D eigenvalue weighted by Gasteiger charge is -2.14. The summed E-state index contributed by atoms with van der Waals surface area (Å²) in [7, 11) is 3.30. The van der Waals surface area contributed by atoms with Crippen molar-refractivity contribution in [3.63, 3.8) is 0 Å². The van der Waals surface area contributed by atoms with Gasteiger partial charge in [-0.1, -0.05) is 12.1 Å². The molecule has 0 bridgehead atoms. The highest BCUT2D eigenvalue weighted by Crippen LogP contribution is 2.25. The molecule has 0 heterocycles. The molecule has 5 nitrogen and oxygen atoms in total. The third kappa shape index (κ3) is 6.75. The smallest absolute Gasteiger partial charge is 0.161 e. The summed E-state index contributed by atoms with van der Waals surface area (Å²) in [6.07, 6.45) is 1.52. The lowest BCUT2D eigenvalue weighted by Crippen LogP contribution is -2.32. The molecule has 1 rings (SSSR count).